The number of rotatable bonds is 6. The fourth-order valence-corrected chi connectivity index (χ4v) is 6.56. The summed E-state index contributed by atoms with van der Waals surface area (Å²) < 4.78 is 5.50. The molecular formula is C39H41N7O3. The van der Waals surface area contributed by atoms with Crippen molar-refractivity contribution in [3.63, 3.8) is 0 Å². The number of aromatic amines is 2. The molecule has 3 atom stereocenters. The molecule has 2 amide bonds. The molecule has 0 unspecified atom stereocenters. The second kappa shape index (κ2) is 13.6. The molecule has 2 aliphatic rings. The molecule has 10 nitrogen and oxygen atoms in total. The van der Waals surface area contributed by atoms with Crippen LogP contribution in [0.5, 0.6) is 0 Å². The van der Waals surface area contributed by atoms with Gasteiger partial charge in [-0.3, -0.25) is 4.79 Å². The minimum absolute atomic E-state index is 0.198. The lowest BCUT2D eigenvalue weighted by Gasteiger charge is -2.29. The summed E-state index contributed by atoms with van der Waals surface area (Å²) in [7, 11) is 0. The quantitative estimate of drug-likeness (QED) is 0.151. The maximum absolute atomic E-state index is 14.1. The zero-order valence-corrected chi connectivity index (χ0v) is 28.0. The van der Waals surface area contributed by atoms with Gasteiger partial charge < -0.3 is 30.2 Å². The predicted molar refractivity (Wildman–Crippen MR) is 188 cm³/mol. The van der Waals surface area contributed by atoms with Gasteiger partial charge in [0, 0.05) is 17.7 Å². The number of nitrogens with zero attached hydrogens (tertiary/aromatic N) is 3. The fourth-order valence-electron chi connectivity index (χ4n) is 6.56. The smallest absolute Gasteiger partial charge is 0.408 e. The van der Waals surface area contributed by atoms with Crippen LogP contribution in [0.3, 0.4) is 0 Å². The minimum atomic E-state index is -0.886. The molecule has 2 fully saturated rings. The zero-order valence-electron chi connectivity index (χ0n) is 28.0. The third-order valence-electron chi connectivity index (χ3n) is 8.93. The van der Waals surface area contributed by atoms with Crippen molar-refractivity contribution in [2.45, 2.75) is 70.2 Å². The summed E-state index contributed by atoms with van der Waals surface area (Å²) in [6.45, 7) is 6.99. The summed E-state index contributed by atoms with van der Waals surface area (Å²) >= 11 is 0. The first kappa shape index (κ1) is 32.2. The Balaban J connectivity index is 1.06. The van der Waals surface area contributed by atoms with Gasteiger partial charge in [-0.2, -0.15) is 0 Å². The van der Waals surface area contributed by atoms with Gasteiger partial charge in [0.05, 0.1) is 35.0 Å². The number of aromatic nitrogens is 4. The number of benzene rings is 3. The third kappa shape index (κ3) is 7.37. The molecule has 4 heterocycles. The highest BCUT2D eigenvalue weighted by Gasteiger charge is 2.37. The average Bonchev–Trinajstić information content (AvgIpc) is 3.92. The molecule has 0 aliphatic carbocycles. The van der Waals surface area contributed by atoms with Gasteiger partial charge in [-0.1, -0.05) is 54.3 Å². The van der Waals surface area contributed by atoms with Crippen LogP contribution in [0.25, 0.3) is 22.3 Å². The zero-order chi connectivity index (χ0) is 34.0. The molecule has 4 N–H and O–H groups in total. The predicted octanol–water partition coefficient (Wildman–Crippen LogP) is 6.71. The summed E-state index contributed by atoms with van der Waals surface area (Å²) in [5.41, 5.74) is 5.52. The average molecular weight is 656 g/mol. The molecule has 10 heteroatoms. The van der Waals surface area contributed by atoms with E-state index in [2.05, 4.69) is 49.6 Å². The molecule has 0 spiro atoms. The molecule has 5 aromatic rings. The van der Waals surface area contributed by atoms with Crippen LogP contribution in [-0.4, -0.2) is 55.5 Å². The lowest BCUT2D eigenvalue weighted by atomic mass is 10.0. The van der Waals surface area contributed by atoms with E-state index in [0.717, 1.165) is 70.9 Å². The van der Waals surface area contributed by atoms with Crippen LogP contribution in [0.1, 0.15) is 92.9 Å². The summed E-state index contributed by atoms with van der Waals surface area (Å²) in [6, 6.07) is 22.5. The van der Waals surface area contributed by atoms with Crippen LogP contribution < -0.4 is 10.6 Å². The van der Waals surface area contributed by atoms with E-state index < -0.39 is 17.7 Å². The number of carbonyl (C=O) groups is 2. The third-order valence-corrected chi connectivity index (χ3v) is 8.93. The van der Waals surface area contributed by atoms with Gasteiger partial charge in [-0.25, -0.2) is 14.8 Å². The van der Waals surface area contributed by atoms with Crippen LogP contribution in [0.4, 0.5) is 4.79 Å². The Morgan fingerprint density at radius 3 is 2.47 bits per heavy atom. The van der Waals surface area contributed by atoms with E-state index in [1.165, 1.54) is 6.42 Å². The lowest BCUT2D eigenvalue weighted by Crippen LogP contribution is -2.44. The van der Waals surface area contributed by atoms with E-state index in [1.807, 2.05) is 71.8 Å². The number of nitrogens with one attached hydrogen (secondary N) is 4. The van der Waals surface area contributed by atoms with Crippen molar-refractivity contribution in [3.05, 3.63) is 107 Å². The number of hydrogen-bond donors (Lipinski definition) is 4. The summed E-state index contributed by atoms with van der Waals surface area (Å²) in [5.74, 6) is 8.08. The first-order chi connectivity index (χ1) is 23.7. The van der Waals surface area contributed by atoms with E-state index in [1.54, 1.807) is 20.8 Å². The molecule has 2 saturated heterocycles. The van der Waals surface area contributed by atoms with Gasteiger partial charge in [0.15, 0.2) is 0 Å². The van der Waals surface area contributed by atoms with Crippen LogP contribution in [0.2, 0.25) is 0 Å². The van der Waals surface area contributed by atoms with Gasteiger partial charge in [0.2, 0.25) is 0 Å². The Hall–Kier alpha value is -5.40. The molecule has 0 bridgehead atoms. The van der Waals surface area contributed by atoms with Gasteiger partial charge in [-0.15, -0.1) is 0 Å². The Bertz CT molecular complexity index is 2010. The number of H-pyrrole nitrogens is 2. The van der Waals surface area contributed by atoms with Crippen molar-refractivity contribution in [3.8, 4) is 23.1 Å². The number of likely N-dealkylation sites (tertiary alicyclic amines) is 1. The van der Waals surface area contributed by atoms with Crippen LogP contribution in [0, 0.1) is 11.8 Å². The maximum Gasteiger partial charge on any atom is 0.408 e. The summed E-state index contributed by atoms with van der Waals surface area (Å²) in [6.07, 6.45) is 5.14. The van der Waals surface area contributed by atoms with E-state index in [4.69, 9.17) is 9.72 Å². The van der Waals surface area contributed by atoms with Crippen LogP contribution in [-0.2, 0) is 9.53 Å². The van der Waals surface area contributed by atoms with Gasteiger partial charge in [-0.05, 0) is 94.5 Å². The summed E-state index contributed by atoms with van der Waals surface area (Å²) in [5, 5.41) is 6.30. The second-order valence-corrected chi connectivity index (χ2v) is 13.7. The van der Waals surface area contributed by atoms with Crippen molar-refractivity contribution >= 4 is 23.0 Å². The molecule has 2 aromatic heterocycles. The summed E-state index contributed by atoms with van der Waals surface area (Å²) in [4.78, 5) is 45.0. The molecule has 7 rings (SSSR count). The Kier molecular flexibility index (Phi) is 8.93. The lowest BCUT2D eigenvalue weighted by molar-refractivity contribution is -0.134. The van der Waals surface area contributed by atoms with E-state index in [-0.39, 0.29) is 11.9 Å². The number of carbonyl (C=O) groups excluding carboxylic acids is 2. The SMILES string of the molecule is CC(C)(C)OC(=O)N[C@@H](C(=O)N1CCC[C@H]1c1nc2ccc(C#Cc3ccc(-c4cnc([C@@H]5CCCN5)[nH]4)cc3)cc2[nH]1)c1ccccc1. The normalized spacial score (nSPS) is 18.2. The van der Waals surface area contributed by atoms with Crippen molar-refractivity contribution in [2.75, 3.05) is 13.1 Å². The van der Waals surface area contributed by atoms with Gasteiger partial charge >= 0.3 is 6.09 Å². The number of imidazole rings is 2. The van der Waals surface area contributed by atoms with Crippen molar-refractivity contribution in [1.29, 1.82) is 0 Å². The van der Waals surface area contributed by atoms with Crippen molar-refractivity contribution in [2.24, 2.45) is 0 Å². The topological polar surface area (TPSA) is 128 Å². The highest BCUT2D eigenvalue weighted by molar-refractivity contribution is 5.87. The number of amides is 2. The van der Waals surface area contributed by atoms with E-state index in [9.17, 15) is 9.59 Å². The molecule has 2 aliphatic heterocycles. The highest BCUT2D eigenvalue weighted by atomic mass is 16.6. The van der Waals surface area contributed by atoms with E-state index >= 15 is 0 Å². The number of ether oxygens (including phenoxy) is 1. The van der Waals surface area contributed by atoms with Gasteiger partial charge in [0.25, 0.3) is 5.91 Å². The molecular weight excluding hydrogens is 614 g/mol. The Morgan fingerprint density at radius 2 is 1.71 bits per heavy atom. The minimum Gasteiger partial charge on any atom is -0.444 e. The van der Waals surface area contributed by atoms with Crippen LogP contribution in [0.15, 0.2) is 79.0 Å². The molecule has 250 valence electrons. The van der Waals surface area contributed by atoms with Crippen molar-refractivity contribution < 1.29 is 14.3 Å². The number of alkyl carbamates (subject to hydrolysis) is 1. The Labute approximate surface area is 286 Å². The van der Waals surface area contributed by atoms with Gasteiger partial charge in [0.1, 0.15) is 23.3 Å². The van der Waals surface area contributed by atoms with Crippen molar-refractivity contribution in [1.82, 2.24) is 35.5 Å². The fraction of sp³-hybridized carbons (Fsp3) is 0.333. The highest BCUT2D eigenvalue weighted by Crippen LogP contribution is 2.34. The first-order valence-corrected chi connectivity index (χ1v) is 17.0. The molecule has 49 heavy (non-hydrogen) atoms. The number of fused-ring (bicyclic) bond motifs is 1. The largest absolute Gasteiger partial charge is 0.444 e. The monoisotopic (exact) mass is 655 g/mol. The number of hydrogen-bond acceptors (Lipinski definition) is 6. The Morgan fingerprint density at radius 1 is 0.939 bits per heavy atom. The second-order valence-electron chi connectivity index (χ2n) is 13.7. The van der Waals surface area contributed by atoms with Crippen LogP contribution >= 0.6 is 0 Å². The molecule has 0 radical (unpaired) electrons. The van der Waals surface area contributed by atoms with E-state index in [0.29, 0.717) is 18.2 Å². The first-order valence-electron chi connectivity index (χ1n) is 17.0. The molecule has 0 saturated carbocycles. The standard InChI is InChI=1S/C39H41N7O3/c1-39(2,3)49-38(48)45-34(28-9-5-4-6-10-28)37(47)46-22-8-12-33(46)36-42-29-20-17-26(23-31(29)43-36)14-13-25-15-18-27(19-16-25)32-24-41-35(44-32)30-11-7-21-40-30/h4-6,9-10,15-20,23-24,30,33-34,40H,7-8,11-12,21-22H2,1-3H3,(H,41,44)(H,42,43)(H,45,48)/t30-,33-,34+/m0/s1. The molecule has 3 aromatic carbocycles. The maximum atomic E-state index is 14.1.